The molecule has 0 aromatic heterocycles. The van der Waals surface area contributed by atoms with E-state index in [0.717, 1.165) is 35.7 Å². The smallest absolute Gasteiger partial charge is 0.123 e. The molecule has 0 amide bonds. The van der Waals surface area contributed by atoms with E-state index in [1.807, 2.05) is 48.5 Å². The molecule has 0 aliphatic carbocycles. The van der Waals surface area contributed by atoms with Crippen LogP contribution in [0, 0.1) is 0 Å². The molecule has 3 heteroatoms. The van der Waals surface area contributed by atoms with Gasteiger partial charge in [-0.2, -0.15) is 0 Å². The van der Waals surface area contributed by atoms with E-state index in [9.17, 15) is 0 Å². The van der Waals surface area contributed by atoms with Crippen molar-refractivity contribution in [3.8, 4) is 11.5 Å². The lowest BCUT2D eigenvalue weighted by Crippen LogP contribution is -2.13. The number of hydrogen-bond donors (Lipinski definition) is 1. The third-order valence-corrected chi connectivity index (χ3v) is 3.19. The monoisotopic (exact) mass is 271 g/mol. The van der Waals surface area contributed by atoms with Gasteiger partial charge in [0.05, 0.1) is 19.8 Å². The maximum absolute atomic E-state index is 6.32. The van der Waals surface area contributed by atoms with Crippen LogP contribution in [0.1, 0.15) is 30.5 Å². The highest BCUT2D eigenvalue weighted by atomic mass is 16.5. The van der Waals surface area contributed by atoms with Crippen LogP contribution >= 0.6 is 0 Å². The average Bonchev–Trinajstić information content (AvgIpc) is 2.52. The van der Waals surface area contributed by atoms with E-state index in [2.05, 4.69) is 6.92 Å². The van der Waals surface area contributed by atoms with E-state index < -0.39 is 0 Å². The van der Waals surface area contributed by atoms with E-state index in [-0.39, 0.29) is 6.04 Å². The van der Waals surface area contributed by atoms with Crippen LogP contribution in [0.3, 0.4) is 0 Å². The van der Waals surface area contributed by atoms with E-state index >= 15 is 0 Å². The second kappa shape index (κ2) is 6.96. The van der Waals surface area contributed by atoms with Gasteiger partial charge in [0, 0.05) is 5.56 Å². The highest BCUT2D eigenvalue weighted by Gasteiger charge is 2.13. The maximum Gasteiger partial charge on any atom is 0.123 e. The fraction of sp³-hybridized carbons (Fsp3) is 0.294. The molecule has 2 rings (SSSR count). The molecule has 0 saturated heterocycles. The van der Waals surface area contributed by atoms with Gasteiger partial charge in [-0.25, -0.2) is 0 Å². The predicted molar refractivity (Wildman–Crippen MR) is 81.3 cm³/mol. The Kier molecular flexibility index (Phi) is 5.02. The first kappa shape index (κ1) is 14.4. The molecule has 0 aliphatic heterocycles. The van der Waals surface area contributed by atoms with Crippen LogP contribution in [0.4, 0.5) is 0 Å². The summed E-state index contributed by atoms with van der Waals surface area (Å²) in [5.41, 5.74) is 8.35. The molecule has 0 radical (unpaired) electrons. The van der Waals surface area contributed by atoms with Crippen LogP contribution in [0.25, 0.3) is 0 Å². The van der Waals surface area contributed by atoms with Crippen molar-refractivity contribution in [3.63, 3.8) is 0 Å². The summed E-state index contributed by atoms with van der Waals surface area (Å²) >= 11 is 0. The van der Waals surface area contributed by atoms with Gasteiger partial charge in [0.1, 0.15) is 11.5 Å². The van der Waals surface area contributed by atoms with Crippen molar-refractivity contribution in [1.82, 2.24) is 0 Å². The molecule has 3 nitrogen and oxygen atoms in total. The third-order valence-electron chi connectivity index (χ3n) is 3.19. The van der Waals surface area contributed by atoms with Crippen LogP contribution in [-0.2, 0) is 0 Å². The molecule has 0 bridgehead atoms. The Bertz CT molecular complexity index is 537. The summed E-state index contributed by atoms with van der Waals surface area (Å²) in [4.78, 5) is 0. The molecular weight excluding hydrogens is 250 g/mol. The van der Waals surface area contributed by atoms with Crippen molar-refractivity contribution < 1.29 is 9.47 Å². The quantitative estimate of drug-likeness (QED) is 0.874. The Labute approximate surface area is 120 Å². The average molecular weight is 271 g/mol. The predicted octanol–water partition coefficient (Wildman–Crippen LogP) is 3.53. The molecule has 0 saturated carbocycles. The first-order valence-corrected chi connectivity index (χ1v) is 6.87. The third kappa shape index (κ3) is 3.31. The largest absolute Gasteiger partial charge is 0.496 e. The second-order valence-electron chi connectivity index (χ2n) is 4.64. The van der Waals surface area contributed by atoms with Gasteiger partial charge in [0.15, 0.2) is 0 Å². The van der Waals surface area contributed by atoms with Gasteiger partial charge in [-0.05, 0) is 30.2 Å². The molecule has 1 atom stereocenters. The van der Waals surface area contributed by atoms with Gasteiger partial charge in [0.25, 0.3) is 0 Å². The zero-order chi connectivity index (χ0) is 14.4. The summed E-state index contributed by atoms with van der Waals surface area (Å²) in [6.07, 6.45) is 1.00. The SMILES string of the molecule is CCCOc1ccc(C(N)c2ccccc2OC)cc1. The number of rotatable bonds is 6. The van der Waals surface area contributed by atoms with E-state index in [4.69, 9.17) is 15.2 Å². The molecule has 0 heterocycles. The number of nitrogens with two attached hydrogens (primary N) is 1. The van der Waals surface area contributed by atoms with Gasteiger partial charge in [-0.3, -0.25) is 0 Å². The van der Waals surface area contributed by atoms with E-state index in [1.54, 1.807) is 7.11 Å². The van der Waals surface area contributed by atoms with Gasteiger partial charge in [-0.15, -0.1) is 0 Å². The number of methoxy groups -OCH3 is 1. The van der Waals surface area contributed by atoms with Crippen molar-refractivity contribution >= 4 is 0 Å². The minimum absolute atomic E-state index is 0.202. The zero-order valence-electron chi connectivity index (χ0n) is 12.0. The first-order chi connectivity index (χ1) is 9.76. The van der Waals surface area contributed by atoms with Gasteiger partial charge < -0.3 is 15.2 Å². The van der Waals surface area contributed by atoms with Crippen molar-refractivity contribution in [2.75, 3.05) is 13.7 Å². The van der Waals surface area contributed by atoms with Crippen molar-refractivity contribution in [2.45, 2.75) is 19.4 Å². The standard InChI is InChI=1S/C17H21NO2/c1-3-12-20-14-10-8-13(9-11-14)17(18)15-6-4-5-7-16(15)19-2/h4-11,17H,3,12,18H2,1-2H3. The van der Waals surface area contributed by atoms with Crippen LogP contribution in [0.5, 0.6) is 11.5 Å². The Morgan fingerprint density at radius 3 is 2.40 bits per heavy atom. The summed E-state index contributed by atoms with van der Waals surface area (Å²) in [5, 5.41) is 0. The lowest BCUT2D eigenvalue weighted by Gasteiger charge is -2.16. The van der Waals surface area contributed by atoms with Crippen molar-refractivity contribution in [3.05, 3.63) is 59.7 Å². The summed E-state index contributed by atoms with van der Waals surface area (Å²) < 4.78 is 10.9. The molecule has 2 aromatic carbocycles. The summed E-state index contributed by atoms with van der Waals surface area (Å²) in [5.74, 6) is 1.69. The van der Waals surface area contributed by atoms with E-state index in [1.165, 1.54) is 0 Å². The number of ether oxygens (including phenoxy) is 2. The van der Waals surface area contributed by atoms with Crippen LogP contribution in [0.15, 0.2) is 48.5 Å². The van der Waals surface area contributed by atoms with Gasteiger partial charge in [0.2, 0.25) is 0 Å². The normalized spacial score (nSPS) is 11.9. The molecule has 2 N–H and O–H groups in total. The van der Waals surface area contributed by atoms with Crippen LogP contribution in [0.2, 0.25) is 0 Å². The van der Waals surface area contributed by atoms with Crippen LogP contribution < -0.4 is 15.2 Å². The highest BCUT2D eigenvalue weighted by molar-refractivity contribution is 5.42. The maximum atomic E-state index is 6.32. The van der Waals surface area contributed by atoms with E-state index in [0.29, 0.717) is 0 Å². The Balaban J connectivity index is 2.18. The zero-order valence-corrected chi connectivity index (χ0v) is 12.0. The molecule has 1 unspecified atom stereocenters. The van der Waals surface area contributed by atoms with Crippen molar-refractivity contribution in [1.29, 1.82) is 0 Å². The van der Waals surface area contributed by atoms with Gasteiger partial charge >= 0.3 is 0 Å². The minimum Gasteiger partial charge on any atom is -0.496 e. The fourth-order valence-corrected chi connectivity index (χ4v) is 2.09. The minimum atomic E-state index is -0.202. The highest BCUT2D eigenvalue weighted by Crippen LogP contribution is 2.28. The summed E-state index contributed by atoms with van der Waals surface area (Å²) in [6, 6.07) is 15.5. The Morgan fingerprint density at radius 2 is 1.75 bits per heavy atom. The molecule has 0 spiro atoms. The van der Waals surface area contributed by atoms with Gasteiger partial charge in [-0.1, -0.05) is 37.3 Å². The lowest BCUT2D eigenvalue weighted by atomic mass is 9.99. The Morgan fingerprint density at radius 1 is 1.05 bits per heavy atom. The molecule has 2 aromatic rings. The summed E-state index contributed by atoms with van der Waals surface area (Å²) in [7, 11) is 1.66. The first-order valence-electron chi connectivity index (χ1n) is 6.87. The number of benzene rings is 2. The van der Waals surface area contributed by atoms with Crippen molar-refractivity contribution in [2.24, 2.45) is 5.73 Å². The topological polar surface area (TPSA) is 44.5 Å². The number of para-hydroxylation sites is 1. The second-order valence-corrected chi connectivity index (χ2v) is 4.64. The fourth-order valence-electron chi connectivity index (χ4n) is 2.09. The molecule has 0 fully saturated rings. The molecule has 106 valence electrons. The Hall–Kier alpha value is -2.00. The molecule has 20 heavy (non-hydrogen) atoms. The number of hydrogen-bond acceptors (Lipinski definition) is 3. The molecular formula is C17H21NO2. The summed E-state index contributed by atoms with van der Waals surface area (Å²) in [6.45, 7) is 2.82. The molecule has 0 aliphatic rings. The van der Waals surface area contributed by atoms with Crippen LogP contribution in [-0.4, -0.2) is 13.7 Å². The lowest BCUT2D eigenvalue weighted by molar-refractivity contribution is 0.317.